The van der Waals surface area contributed by atoms with Crippen molar-refractivity contribution in [2.75, 3.05) is 26.7 Å². The van der Waals surface area contributed by atoms with Gasteiger partial charge in [-0.1, -0.05) is 0 Å². The highest BCUT2D eigenvalue weighted by atomic mass is 16.4. The molecule has 0 spiro atoms. The van der Waals surface area contributed by atoms with Crippen molar-refractivity contribution in [1.29, 1.82) is 0 Å². The van der Waals surface area contributed by atoms with Gasteiger partial charge in [-0.2, -0.15) is 0 Å². The van der Waals surface area contributed by atoms with Crippen LogP contribution in [0.25, 0.3) is 0 Å². The van der Waals surface area contributed by atoms with Crippen molar-refractivity contribution in [3.05, 3.63) is 0 Å². The molecule has 0 unspecified atom stereocenters. The maximum absolute atomic E-state index is 11.6. The Bertz CT molecular complexity index is 354. The molecule has 108 valence electrons. The first-order valence-electron chi connectivity index (χ1n) is 6.04. The van der Waals surface area contributed by atoms with Crippen molar-refractivity contribution in [3.63, 3.8) is 0 Å². The number of aliphatic carboxylic acids is 1. The van der Waals surface area contributed by atoms with E-state index < -0.39 is 24.5 Å². The second kappa shape index (κ2) is 6.93. The third-order valence-corrected chi connectivity index (χ3v) is 2.93. The molecule has 0 saturated heterocycles. The van der Waals surface area contributed by atoms with Crippen molar-refractivity contribution >= 4 is 17.9 Å². The van der Waals surface area contributed by atoms with Crippen LogP contribution >= 0.6 is 0 Å². The molecular weight excluding hydrogens is 254 g/mol. The number of nitrogens with one attached hydrogen (secondary N) is 2. The van der Waals surface area contributed by atoms with Gasteiger partial charge >= 0.3 is 12.0 Å². The fourth-order valence-corrected chi connectivity index (χ4v) is 1.85. The summed E-state index contributed by atoms with van der Waals surface area (Å²) in [7, 11) is 1.61. The highest BCUT2D eigenvalue weighted by Crippen LogP contribution is 2.27. The number of carbonyl (C=O) groups excluding carboxylic acids is 2. The van der Waals surface area contributed by atoms with Crippen molar-refractivity contribution in [3.8, 4) is 0 Å². The SMILES string of the molecule is CN(CC1CC(O)C1)C(=O)NCC(=O)NCC(=O)O. The zero-order chi connectivity index (χ0) is 14.4. The summed E-state index contributed by atoms with van der Waals surface area (Å²) < 4.78 is 0. The van der Waals surface area contributed by atoms with Gasteiger partial charge < -0.3 is 25.7 Å². The van der Waals surface area contributed by atoms with E-state index in [0.717, 1.165) is 0 Å². The van der Waals surface area contributed by atoms with Crippen LogP contribution in [0, 0.1) is 5.92 Å². The number of amides is 3. The van der Waals surface area contributed by atoms with Gasteiger partial charge in [-0.25, -0.2) is 4.79 Å². The summed E-state index contributed by atoms with van der Waals surface area (Å²) in [5.74, 6) is -1.39. The van der Waals surface area contributed by atoms with Gasteiger partial charge in [0, 0.05) is 13.6 Å². The molecule has 0 atom stereocenters. The largest absolute Gasteiger partial charge is 0.480 e. The molecule has 0 radical (unpaired) electrons. The topological polar surface area (TPSA) is 119 Å². The molecule has 1 aliphatic carbocycles. The zero-order valence-corrected chi connectivity index (χ0v) is 10.8. The van der Waals surface area contributed by atoms with Crippen molar-refractivity contribution in [2.24, 2.45) is 5.92 Å². The summed E-state index contributed by atoms with van der Waals surface area (Å²) in [6, 6.07) is -0.396. The summed E-state index contributed by atoms with van der Waals surface area (Å²) in [6.45, 7) is -0.201. The van der Waals surface area contributed by atoms with Gasteiger partial charge in [0.2, 0.25) is 5.91 Å². The Kier molecular flexibility index (Phi) is 5.56. The third-order valence-electron chi connectivity index (χ3n) is 2.93. The molecule has 1 saturated carbocycles. The molecule has 8 nitrogen and oxygen atoms in total. The van der Waals surface area contributed by atoms with Gasteiger partial charge in [-0.15, -0.1) is 0 Å². The number of carbonyl (C=O) groups is 3. The molecule has 0 aromatic heterocycles. The predicted octanol–water partition coefficient (Wildman–Crippen LogP) is -1.40. The number of aliphatic hydroxyl groups is 1. The lowest BCUT2D eigenvalue weighted by molar-refractivity contribution is -0.137. The van der Waals surface area contributed by atoms with Gasteiger partial charge in [0.05, 0.1) is 12.6 Å². The average Bonchev–Trinajstić information content (AvgIpc) is 2.31. The van der Waals surface area contributed by atoms with E-state index in [1.54, 1.807) is 7.05 Å². The van der Waals surface area contributed by atoms with Crippen LogP contribution in [0.1, 0.15) is 12.8 Å². The van der Waals surface area contributed by atoms with E-state index in [-0.39, 0.29) is 12.6 Å². The van der Waals surface area contributed by atoms with Gasteiger partial charge in [0.15, 0.2) is 0 Å². The van der Waals surface area contributed by atoms with Crippen molar-refractivity contribution in [1.82, 2.24) is 15.5 Å². The first kappa shape index (κ1) is 15.2. The molecule has 1 fully saturated rings. The Balaban J connectivity index is 2.15. The van der Waals surface area contributed by atoms with Crippen LogP contribution in [-0.2, 0) is 9.59 Å². The zero-order valence-electron chi connectivity index (χ0n) is 10.8. The molecular formula is C11H19N3O5. The minimum absolute atomic E-state index is 0.260. The number of urea groups is 1. The monoisotopic (exact) mass is 273 g/mol. The van der Waals surface area contributed by atoms with Crippen LogP contribution in [-0.4, -0.2) is 65.8 Å². The van der Waals surface area contributed by atoms with Crippen LogP contribution < -0.4 is 10.6 Å². The lowest BCUT2D eigenvalue weighted by Gasteiger charge is -2.34. The Morgan fingerprint density at radius 3 is 2.37 bits per heavy atom. The maximum atomic E-state index is 11.6. The molecule has 0 aliphatic heterocycles. The molecule has 19 heavy (non-hydrogen) atoms. The summed E-state index contributed by atoms with van der Waals surface area (Å²) in [6.07, 6.45) is 1.12. The van der Waals surface area contributed by atoms with Gasteiger partial charge in [-0.05, 0) is 18.8 Å². The van der Waals surface area contributed by atoms with E-state index in [1.165, 1.54) is 4.90 Å². The predicted molar refractivity (Wildman–Crippen MR) is 65.4 cm³/mol. The van der Waals surface area contributed by atoms with E-state index in [0.29, 0.717) is 25.3 Å². The van der Waals surface area contributed by atoms with E-state index in [4.69, 9.17) is 10.2 Å². The van der Waals surface area contributed by atoms with Crippen LogP contribution in [0.5, 0.6) is 0 Å². The first-order valence-corrected chi connectivity index (χ1v) is 6.04. The van der Waals surface area contributed by atoms with Crippen LogP contribution in [0.2, 0.25) is 0 Å². The second-order valence-electron chi connectivity index (χ2n) is 4.70. The van der Waals surface area contributed by atoms with Crippen LogP contribution in [0.3, 0.4) is 0 Å². The standard InChI is InChI=1S/C11H19N3O5/c1-14(6-7-2-8(15)3-7)11(19)13-4-9(16)12-5-10(17)18/h7-8,15H,2-6H2,1H3,(H,12,16)(H,13,19)(H,17,18). The quantitative estimate of drug-likeness (QED) is 0.474. The van der Waals surface area contributed by atoms with Gasteiger partial charge in [0.1, 0.15) is 6.54 Å². The molecule has 4 N–H and O–H groups in total. The number of carboxylic acids is 1. The van der Waals surface area contributed by atoms with E-state index in [2.05, 4.69) is 10.6 Å². The lowest BCUT2D eigenvalue weighted by Crippen LogP contribution is -2.46. The third kappa shape index (κ3) is 5.56. The number of rotatable bonds is 6. The number of hydrogen-bond donors (Lipinski definition) is 4. The normalized spacial score (nSPS) is 21.2. The summed E-state index contributed by atoms with van der Waals surface area (Å²) in [4.78, 5) is 34.4. The fourth-order valence-electron chi connectivity index (χ4n) is 1.85. The number of hydrogen-bond acceptors (Lipinski definition) is 4. The second-order valence-corrected chi connectivity index (χ2v) is 4.70. The Labute approximate surface area is 110 Å². The average molecular weight is 273 g/mol. The minimum atomic E-state index is -1.14. The van der Waals surface area contributed by atoms with E-state index >= 15 is 0 Å². The molecule has 0 aromatic carbocycles. The number of aliphatic hydroxyl groups excluding tert-OH is 1. The Morgan fingerprint density at radius 2 is 1.84 bits per heavy atom. The van der Waals surface area contributed by atoms with Gasteiger partial charge in [-0.3, -0.25) is 9.59 Å². The summed E-state index contributed by atoms with van der Waals surface area (Å²) >= 11 is 0. The highest BCUT2D eigenvalue weighted by molar-refractivity contribution is 5.86. The van der Waals surface area contributed by atoms with Gasteiger partial charge in [0.25, 0.3) is 0 Å². The number of carboxylic acid groups (broad SMARTS) is 1. The minimum Gasteiger partial charge on any atom is -0.480 e. The lowest BCUT2D eigenvalue weighted by atomic mass is 9.82. The molecule has 3 amide bonds. The highest BCUT2D eigenvalue weighted by Gasteiger charge is 2.29. The molecule has 0 aromatic rings. The first-order chi connectivity index (χ1) is 8.88. The molecule has 8 heteroatoms. The molecule has 0 heterocycles. The summed E-state index contributed by atoms with van der Waals surface area (Å²) in [5.41, 5.74) is 0. The molecule has 1 rings (SSSR count). The van der Waals surface area contributed by atoms with E-state index in [1.807, 2.05) is 0 Å². The Hall–Kier alpha value is -1.83. The fraction of sp³-hybridized carbons (Fsp3) is 0.727. The van der Waals surface area contributed by atoms with Crippen molar-refractivity contribution < 1.29 is 24.6 Å². The Morgan fingerprint density at radius 1 is 1.21 bits per heavy atom. The maximum Gasteiger partial charge on any atom is 0.322 e. The molecule has 1 aliphatic rings. The summed E-state index contributed by atoms with van der Waals surface area (Å²) in [5, 5.41) is 22.0. The van der Waals surface area contributed by atoms with Crippen LogP contribution in [0.15, 0.2) is 0 Å². The smallest absolute Gasteiger partial charge is 0.322 e. The van der Waals surface area contributed by atoms with Crippen LogP contribution in [0.4, 0.5) is 4.79 Å². The van der Waals surface area contributed by atoms with E-state index in [9.17, 15) is 14.4 Å². The number of nitrogens with zero attached hydrogens (tertiary/aromatic N) is 1. The molecule has 0 bridgehead atoms. The van der Waals surface area contributed by atoms with Crippen molar-refractivity contribution in [2.45, 2.75) is 18.9 Å².